The highest BCUT2D eigenvalue weighted by Gasteiger charge is 2.41. The molecule has 30 heavy (non-hydrogen) atoms. The highest BCUT2D eigenvalue weighted by atomic mass is 16.5. The van der Waals surface area contributed by atoms with Crippen LogP contribution in [0.4, 0.5) is 0 Å². The van der Waals surface area contributed by atoms with Crippen LogP contribution in [0, 0.1) is 0 Å². The van der Waals surface area contributed by atoms with Crippen molar-refractivity contribution in [2.24, 2.45) is 0 Å². The summed E-state index contributed by atoms with van der Waals surface area (Å²) in [5.74, 6) is -2.70. The molecule has 3 rings (SSSR count). The Morgan fingerprint density at radius 1 is 0.900 bits per heavy atom. The van der Waals surface area contributed by atoms with Crippen LogP contribution in [0.15, 0.2) is 36.1 Å². The minimum atomic E-state index is -0.935. The fourth-order valence-corrected chi connectivity index (χ4v) is 3.30. The summed E-state index contributed by atoms with van der Waals surface area (Å²) in [6.45, 7) is 0.00374. The second-order valence-electron chi connectivity index (χ2n) is 6.27. The van der Waals surface area contributed by atoms with Gasteiger partial charge in [-0.25, -0.2) is 9.59 Å². The minimum absolute atomic E-state index is 0.00374. The van der Waals surface area contributed by atoms with Crippen LogP contribution in [0.2, 0.25) is 0 Å². The Bertz CT molecular complexity index is 1080. The number of methoxy groups -OCH3 is 4. The summed E-state index contributed by atoms with van der Waals surface area (Å²) in [7, 11) is 5.02. The third kappa shape index (κ3) is 3.34. The highest BCUT2D eigenvalue weighted by Crippen LogP contribution is 2.32. The number of nitrogens with zero attached hydrogens (tertiary/aromatic N) is 1. The number of rotatable bonds is 6. The van der Waals surface area contributed by atoms with Crippen LogP contribution in [0.3, 0.4) is 0 Å². The van der Waals surface area contributed by atoms with Gasteiger partial charge in [-0.1, -0.05) is 12.1 Å². The molecule has 0 bridgehead atoms. The Kier molecular flexibility index (Phi) is 5.72. The minimum Gasteiger partial charge on any atom is -0.497 e. The first-order chi connectivity index (χ1) is 14.4. The predicted molar refractivity (Wildman–Crippen MR) is 103 cm³/mol. The molecule has 0 atom stereocenters. The molecule has 0 spiro atoms. The van der Waals surface area contributed by atoms with Gasteiger partial charge in [-0.2, -0.15) is 0 Å². The number of fused-ring (bicyclic) bond motifs is 1. The van der Waals surface area contributed by atoms with Gasteiger partial charge in [0.2, 0.25) is 5.78 Å². The van der Waals surface area contributed by atoms with Gasteiger partial charge in [-0.15, -0.1) is 0 Å². The topological polar surface area (TPSA) is 110 Å². The lowest BCUT2D eigenvalue weighted by atomic mass is 9.96. The second kappa shape index (κ2) is 8.24. The van der Waals surface area contributed by atoms with Gasteiger partial charge in [0.1, 0.15) is 22.7 Å². The molecule has 1 heterocycles. The molecule has 0 saturated heterocycles. The van der Waals surface area contributed by atoms with Gasteiger partial charge < -0.3 is 23.5 Å². The van der Waals surface area contributed by atoms with E-state index in [1.54, 1.807) is 24.3 Å². The summed E-state index contributed by atoms with van der Waals surface area (Å²) in [6, 6.07) is 6.87. The van der Waals surface area contributed by atoms with Gasteiger partial charge in [-0.05, 0) is 17.7 Å². The maximum atomic E-state index is 13.0. The van der Waals surface area contributed by atoms with Crippen molar-refractivity contribution in [2.45, 2.75) is 6.54 Å². The van der Waals surface area contributed by atoms with E-state index in [1.807, 2.05) is 0 Å². The summed E-state index contributed by atoms with van der Waals surface area (Å²) in [6.07, 6.45) is 0.982. The number of esters is 2. The molecule has 1 aromatic carbocycles. The van der Waals surface area contributed by atoms with Crippen LogP contribution in [-0.4, -0.2) is 56.5 Å². The summed E-state index contributed by atoms with van der Waals surface area (Å²) >= 11 is 0. The first kappa shape index (κ1) is 20.8. The molecule has 1 aromatic heterocycles. The van der Waals surface area contributed by atoms with E-state index >= 15 is 0 Å². The Morgan fingerprint density at radius 3 is 2.07 bits per heavy atom. The molecule has 0 saturated carbocycles. The molecule has 9 nitrogen and oxygen atoms in total. The highest BCUT2D eigenvalue weighted by molar-refractivity contribution is 6.27. The SMILES string of the molecule is COC(=O)c1c2c(n(Cc3ccc(OC)cc3)c1C(=O)OC)C(=O)C(OC)=CC2=O. The molecule has 0 N–H and O–H groups in total. The first-order valence-corrected chi connectivity index (χ1v) is 8.78. The average Bonchev–Trinajstić information content (AvgIpc) is 3.11. The van der Waals surface area contributed by atoms with Crippen molar-refractivity contribution in [2.75, 3.05) is 28.4 Å². The zero-order valence-corrected chi connectivity index (χ0v) is 16.8. The monoisotopic (exact) mass is 413 g/mol. The summed E-state index contributed by atoms with van der Waals surface area (Å²) in [5, 5.41) is 0. The normalized spacial score (nSPS) is 12.7. The molecule has 0 aliphatic heterocycles. The zero-order valence-electron chi connectivity index (χ0n) is 16.8. The molecule has 0 unspecified atom stereocenters. The van der Waals surface area contributed by atoms with Crippen LogP contribution in [-0.2, 0) is 20.8 Å². The Hall–Kier alpha value is -3.88. The van der Waals surface area contributed by atoms with Crippen molar-refractivity contribution in [3.8, 4) is 5.75 Å². The number of benzene rings is 1. The van der Waals surface area contributed by atoms with Crippen LogP contribution < -0.4 is 4.74 Å². The number of hydrogen-bond donors (Lipinski definition) is 0. The number of ether oxygens (including phenoxy) is 4. The van der Waals surface area contributed by atoms with Gasteiger partial charge in [0.25, 0.3) is 0 Å². The largest absolute Gasteiger partial charge is 0.497 e. The lowest BCUT2D eigenvalue weighted by Gasteiger charge is -2.16. The number of carbonyl (C=O) groups excluding carboxylic acids is 4. The number of allylic oxidation sites excluding steroid dienone is 2. The fourth-order valence-electron chi connectivity index (χ4n) is 3.30. The molecule has 156 valence electrons. The number of hydrogen-bond acceptors (Lipinski definition) is 8. The van der Waals surface area contributed by atoms with Gasteiger partial charge in [-0.3, -0.25) is 9.59 Å². The fraction of sp³-hybridized carbons (Fsp3) is 0.238. The van der Waals surface area contributed by atoms with Gasteiger partial charge in [0.15, 0.2) is 11.5 Å². The molecule has 0 amide bonds. The van der Waals surface area contributed by atoms with E-state index < -0.39 is 23.5 Å². The maximum absolute atomic E-state index is 13.0. The lowest BCUT2D eigenvalue weighted by molar-refractivity contribution is 0.0546. The standard InChI is InChI=1S/C21H19NO8/c1-27-12-7-5-11(6-8-12)10-22-17-15(13(23)9-14(28-2)19(17)24)16(20(25)29-3)18(22)21(26)30-4/h5-9H,10H2,1-4H3. The van der Waals surface area contributed by atoms with Crippen molar-refractivity contribution >= 4 is 23.5 Å². The number of ketones is 2. The molecule has 1 aliphatic carbocycles. The number of aromatic nitrogens is 1. The summed E-state index contributed by atoms with van der Waals surface area (Å²) in [5.41, 5.74) is -0.253. The third-order valence-electron chi connectivity index (χ3n) is 4.70. The number of Topliss-reactive ketones (excluding diaryl/α,β-unsaturated/α-hetero) is 1. The average molecular weight is 413 g/mol. The summed E-state index contributed by atoms with van der Waals surface area (Å²) in [4.78, 5) is 50.9. The van der Waals surface area contributed by atoms with E-state index in [9.17, 15) is 19.2 Å². The first-order valence-electron chi connectivity index (χ1n) is 8.78. The Labute approximate surface area is 171 Å². The number of carbonyl (C=O) groups is 4. The van der Waals surface area contributed by atoms with Crippen LogP contribution in [0.25, 0.3) is 0 Å². The van der Waals surface area contributed by atoms with Gasteiger partial charge >= 0.3 is 11.9 Å². The van der Waals surface area contributed by atoms with Gasteiger partial charge in [0, 0.05) is 12.6 Å². The van der Waals surface area contributed by atoms with E-state index in [1.165, 1.54) is 18.8 Å². The molecule has 9 heteroatoms. The molecule has 0 fully saturated rings. The van der Waals surface area contributed by atoms with Crippen LogP contribution in [0.1, 0.15) is 47.3 Å². The third-order valence-corrected chi connectivity index (χ3v) is 4.70. The quantitative estimate of drug-likeness (QED) is 0.662. The van der Waals surface area contributed by atoms with E-state index in [-0.39, 0.29) is 34.8 Å². The van der Waals surface area contributed by atoms with E-state index in [4.69, 9.17) is 18.9 Å². The lowest BCUT2D eigenvalue weighted by Crippen LogP contribution is -2.22. The van der Waals surface area contributed by atoms with E-state index in [0.717, 1.165) is 20.3 Å². The van der Waals surface area contributed by atoms with Gasteiger partial charge in [0.05, 0.1) is 34.0 Å². The Morgan fingerprint density at radius 2 is 1.53 bits per heavy atom. The summed E-state index contributed by atoms with van der Waals surface area (Å²) < 4.78 is 21.0. The van der Waals surface area contributed by atoms with Crippen molar-refractivity contribution in [3.63, 3.8) is 0 Å². The van der Waals surface area contributed by atoms with Crippen LogP contribution in [0.5, 0.6) is 5.75 Å². The van der Waals surface area contributed by atoms with E-state index in [2.05, 4.69) is 0 Å². The van der Waals surface area contributed by atoms with Crippen molar-refractivity contribution < 1.29 is 38.1 Å². The maximum Gasteiger partial charge on any atom is 0.355 e. The van der Waals surface area contributed by atoms with Crippen LogP contribution >= 0.6 is 0 Å². The molecule has 0 radical (unpaired) electrons. The molecular weight excluding hydrogens is 394 g/mol. The van der Waals surface area contributed by atoms with E-state index in [0.29, 0.717) is 11.3 Å². The van der Waals surface area contributed by atoms with Crippen molar-refractivity contribution in [1.29, 1.82) is 0 Å². The molecular formula is C21H19NO8. The van der Waals surface area contributed by atoms with Crippen molar-refractivity contribution in [3.05, 3.63) is 64.2 Å². The second-order valence-corrected chi connectivity index (χ2v) is 6.27. The Balaban J connectivity index is 2.31. The van der Waals surface area contributed by atoms with Crippen molar-refractivity contribution in [1.82, 2.24) is 4.57 Å². The molecule has 1 aliphatic rings. The zero-order chi connectivity index (χ0) is 22.0. The smallest absolute Gasteiger partial charge is 0.355 e. The molecule has 2 aromatic rings. The predicted octanol–water partition coefficient (Wildman–Crippen LogP) is 2.03.